The normalized spacial score (nSPS) is 15.7. The number of nitriles is 1. The SMILES string of the molecule is Cn1ncc(S(=O)(=O)N2CC=C(c3c4ccccc4nn3C)CC2)c1C#N. The zero-order chi connectivity index (χ0) is 19.2. The summed E-state index contributed by atoms with van der Waals surface area (Å²) in [6, 6.07) is 9.82. The van der Waals surface area contributed by atoms with Gasteiger partial charge in [-0.15, -0.1) is 0 Å². The molecular formula is C18H18N6O2S. The predicted octanol–water partition coefficient (Wildman–Crippen LogP) is 1.66. The van der Waals surface area contributed by atoms with E-state index >= 15 is 0 Å². The number of rotatable bonds is 3. The Morgan fingerprint density at radius 1 is 1.19 bits per heavy atom. The Balaban J connectivity index is 1.67. The molecule has 3 aromatic rings. The summed E-state index contributed by atoms with van der Waals surface area (Å²) in [5.41, 5.74) is 3.05. The average molecular weight is 382 g/mol. The number of fused-ring (bicyclic) bond motifs is 1. The topological polar surface area (TPSA) is 96.8 Å². The molecule has 9 heteroatoms. The molecule has 0 saturated carbocycles. The van der Waals surface area contributed by atoms with Crippen LogP contribution >= 0.6 is 0 Å². The maximum absolute atomic E-state index is 12.9. The second kappa shape index (κ2) is 6.33. The van der Waals surface area contributed by atoms with Gasteiger partial charge in [0, 0.05) is 32.6 Å². The molecule has 1 aliphatic rings. The first-order valence-corrected chi connectivity index (χ1v) is 9.91. The van der Waals surface area contributed by atoms with Gasteiger partial charge in [-0.05, 0) is 18.1 Å². The van der Waals surface area contributed by atoms with Crippen molar-refractivity contribution in [3.05, 3.63) is 47.9 Å². The van der Waals surface area contributed by atoms with Gasteiger partial charge in [-0.2, -0.15) is 19.8 Å². The highest BCUT2D eigenvalue weighted by Crippen LogP contribution is 2.30. The van der Waals surface area contributed by atoms with E-state index in [0.717, 1.165) is 22.2 Å². The van der Waals surface area contributed by atoms with Crippen LogP contribution in [0.25, 0.3) is 16.5 Å². The lowest BCUT2D eigenvalue weighted by Gasteiger charge is -2.25. The summed E-state index contributed by atoms with van der Waals surface area (Å²) in [5, 5.41) is 18.7. The van der Waals surface area contributed by atoms with Gasteiger partial charge >= 0.3 is 0 Å². The second-order valence-electron chi connectivity index (χ2n) is 6.42. The van der Waals surface area contributed by atoms with E-state index in [9.17, 15) is 13.7 Å². The second-order valence-corrected chi connectivity index (χ2v) is 8.33. The standard InChI is InChI=1S/C18H18N6O2S/c1-22-16(11-19)17(12-20-22)27(25,26)24-9-7-13(8-10-24)18-14-5-3-4-6-15(14)21-23(18)2/h3-7,12H,8-10H2,1-2H3. The molecule has 0 N–H and O–H groups in total. The van der Waals surface area contributed by atoms with Crippen molar-refractivity contribution in [2.75, 3.05) is 13.1 Å². The Kier molecular flexibility index (Phi) is 4.09. The van der Waals surface area contributed by atoms with E-state index in [2.05, 4.69) is 10.2 Å². The van der Waals surface area contributed by atoms with Gasteiger partial charge in [0.05, 0.1) is 17.4 Å². The molecule has 8 nitrogen and oxygen atoms in total. The van der Waals surface area contributed by atoms with Crippen LogP contribution in [0.4, 0.5) is 0 Å². The van der Waals surface area contributed by atoms with E-state index in [4.69, 9.17) is 0 Å². The highest BCUT2D eigenvalue weighted by atomic mass is 32.2. The molecule has 27 heavy (non-hydrogen) atoms. The third-order valence-corrected chi connectivity index (χ3v) is 6.71. The number of sulfonamides is 1. The van der Waals surface area contributed by atoms with E-state index in [-0.39, 0.29) is 17.1 Å². The van der Waals surface area contributed by atoms with Crippen LogP contribution < -0.4 is 0 Å². The van der Waals surface area contributed by atoms with Crippen LogP contribution in [0, 0.1) is 11.3 Å². The minimum absolute atomic E-state index is 0.0439. The predicted molar refractivity (Wildman–Crippen MR) is 100.0 cm³/mol. The maximum Gasteiger partial charge on any atom is 0.247 e. The summed E-state index contributed by atoms with van der Waals surface area (Å²) in [7, 11) is -0.317. The summed E-state index contributed by atoms with van der Waals surface area (Å²) in [5.74, 6) is 0. The summed E-state index contributed by atoms with van der Waals surface area (Å²) < 4.78 is 30.4. The van der Waals surface area contributed by atoms with Crippen LogP contribution in [0.5, 0.6) is 0 Å². The Morgan fingerprint density at radius 2 is 1.96 bits per heavy atom. The first-order valence-electron chi connectivity index (χ1n) is 8.47. The monoisotopic (exact) mass is 382 g/mol. The van der Waals surface area contributed by atoms with Crippen LogP contribution in [-0.2, 0) is 24.1 Å². The molecule has 0 spiro atoms. The lowest BCUT2D eigenvalue weighted by atomic mass is 10.0. The molecule has 0 amide bonds. The first-order chi connectivity index (χ1) is 12.9. The van der Waals surface area contributed by atoms with Crippen molar-refractivity contribution >= 4 is 26.5 Å². The molecule has 0 bridgehead atoms. The minimum atomic E-state index is -3.77. The van der Waals surface area contributed by atoms with E-state index in [1.165, 1.54) is 15.2 Å². The summed E-state index contributed by atoms with van der Waals surface area (Å²) >= 11 is 0. The van der Waals surface area contributed by atoms with Gasteiger partial charge in [-0.25, -0.2) is 8.42 Å². The number of benzene rings is 1. The van der Waals surface area contributed by atoms with Crippen LogP contribution in [0.3, 0.4) is 0 Å². The summed E-state index contributed by atoms with van der Waals surface area (Å²) in [6.07, 6.45) is 3.74. The van der Waals surface area contributed by atoms with Gasteiger partial charge in [0.25, 0.3) is 0 Å². The van der Waals surface area contributed by atoms with Crippen LogP contribution in [0.15, 0.2) is 41.4 Å². The van der Waals surface area contributed by atoms with Crippen LogP contribution in [0.2, 0.25) is 0 Å². The molecule has 2 aromatic heterocycles. The lowest BCUT2D eigenvalue weighted by Crippen LogP contribution is -2.35. The van der Waals surface area contributed by atoms with Gasteiger partial charge in [0.1, 0.15) is 11.0 Å². The molecule has 0 atom stereocenters. The number of hydrogen-bond acceptors (Lipinski definition) is 5. The highest BCUT2D eigenvalue weighted by molar-refractivity contribution is 7.89. The minimum Gasteiger partial charge on any atom is -0.267 e. The molecule has 0 aliphatic carbocycles. The van der Waals surface area contributed by atoms with E-state index in [0.29, 0.717) is 13.0 Å². The molecule has 1 aromatic carbocycles. The number of hydrogen-bond donors (Lipinski definition) is 0. The van der Waals surface area contributed by atoms with E-state index in [1.807, 2.05) is 48.1 Å². The molecule has 0 fully saturated rings. The fourth-order valence-corrected chi connectivity index (χ4v) is 4.97. The van der Waals surface area contributed by atoms with Crippen molar-refractivity contribution in [3.8, 4) is 6.07 Å². The third kappa shape index (κ3) is 2.74. The fraction of sp³-hybridized carbons (Fsp3) is 0.278. The summed E-state index contributed by atoms with van der Waals surface area (Å²) in [4.78, 5) is -0.0460. The number of nitrogens with zero attached hydrogens (tertiary/aromatic N) is 6. The molecule has 4 rings (SSSR count). The van der Waals surface area contributed by atoms with Gasteiger partial charge in [0.15, 0.2) is 5.69 Å². The number of aromatic nitrogens is 4. The number of aryl methyl sites for hydroxylation is 2. The fourth-order valence-electron chi connectivity index (χ4n) is 3.48. The highest BCUT2D eigenvalue weighted by Gasteiger charge is 2.31. The zero-order valence-corrected chi connectivity index (χ0v) is 15.8. The van der Waals surface area contributed by atoms with Crippen LogP contribution in [0.1, 0.15) is 17.8 Å². The molecule has 0 saturated heterocycles. The molecule has 3 heterocycles. The largest absolute Gasteiger partial charge is 0.267 e. The van der Waals surface area contributed by atoms with E-state index < -0.39 is 10.0 Å². The average Bonchev–Trinajstić information content (AvgIpc) is 3.20. The van der Waals surface area contributed by atoms with Crippen molar-refractivity contribution in [2.24, 2.45) is 14.1 Å². The molecule has 1 aliphatic heterocycles. The van der Waals surface area contributed by atoms with Gasteiger partial charge in [-0.3, -0.25) is 9.36 Å². The van der Waals surface area contributed by atoms with Gasteiger partial charge in [-0.1, -0.05) is 24.3 Å². The van der Waals surface area contributed by atoms with Gasteiger partial charge in [0.2, 0.25) is 10.0 Å². The Hall–Kier alpha value is -2.96. The lowest BCUT2D eigenvalue weighted by molar-refractivity contribution is 0.440. The van der Waals surface area contributed by atoms with Crippen LogP contribution in [-0.4, -0.2) is 45.4 Å². The Bertz CT molecular complexity index is 1210. The zero-order valence-electron chi connectivity index (χ0n) is 15.0. The van der Waals surface area contributed by atoms with Crippen molar-refractivity contribution in [2.45, 2.75) is 11.3 Å². The van der Waals surface area contributed by atoms with Crippen molar-refractivity contribution in [3.63, 3.8) is 0 Å². The maximum atomic E-state index is 12.9. The van der Waals surface area contributed by atoms with Gasteiger partial charge < -0.3 is 0 Å². The van der Waals surface area contributed by atoms with Crippen molar-refractivity contribution in [1.29, 1.82) is 5.26 Å². The van der Waals surface area contributed by atoms with Crippen molar-refractivity contribution in [1.82, 2.24) is 23.9 Å². The third-order valence-electron chi connectivity index (χ3n) is 4.85. The van der Waals surface area contributed by atoms with Crippen molar-refractivity contribution < 1.29 is 8.42 Å². The molecular weight excluding hydrogens is 364 g/mol. The quantitative estimate of drug-likeness (QED) is 0.686. The summed E-state index contributed by atoms with van der Waals surface area (Å²) in [6.45, 7) is 0.588. The van der Waals surface area contributed by atoms with E-state index in [1.54, 1.807) is 7.05 Å². The Labute approximate surface area is 157 Å². The molecule has 0 radical (unpaired) electrons. The molecule has 0 unspecified atom stereocenters. The first kappa shape index (κ1) is 17.5. The smallest absolute Gasteiger partial charge is 0.247 e. The Morgan fingerprint density at radius 3 is 2.67 bits per heavy atom. The molecule has 138 valence electrons.